The van der Waals surface area contributed by atoms with Crippen molar-refractivity contribution in [2.24, 2.45) is 5.92 Å². The summed E-state index contributed by atoms with van der Waals surface area (Å²) >= 11 is 0. The molecule has 0 aromatic heterocycles. The van der Waals surface area contributed by atoms with E-state index in [1.807, 2.05) is 4.90 Å². The van der Waals surface area contributed by atoms with E-state index in [0.29, 0.717) is 25.1 Å². The molecule has 1 saturated heterocycles. The minimum absolute atomic E-state index is 0.0450. The molecule has 1 aliphatic carbocycles. The molecule has 2 aliphatic rings. The van der Waals surface area contributed by atoms with E-state index in [-0.39, 0.29) is 18.6 Å². The molecule has 0 spiro atoms. The van der Waals surface area contributed by atoms with E-state index in [0.717, 1.165) is 19.3 Å². The third kappa shape index (κ3) is 3.04. The molecular formula is C14H25NO3. The number of carbonyl (C=O) groups excluding carboxylic acids is 1. The number of carbonyl (C=O) groups is 1. The fraction of sp³-hybridized carbons (Fsp3) is 0.929. The highest BCUT2D eigenvalue weighted by Gasteiger charge is 2.36. The Morgan fingerprint density at radius 3 is 2.56 bits per heavy atom. The topological polar surface area (TPSA) is 49.8 Å². The SMILES string of the molecule is CC1CCOC1C(=O)N(CCO)C1CCCCC1. The van der Waals surface area contributed by atoms with Crippen LogP contribution < -0.4 is 0 Å². The molecule has 4 nitrogen and oxygen atoms in total. The maximum atomic E-state index is 12.5. The van der Waals surface area contributed by atoms with Crippen LogP contribution in [0.15, 0.2) is 0 Å². The summed E-state index contributed by atoms with van der Waals surface area (Å²) in [4.78, 5) is 14.4. The van der Waals surface area contributed by atoms with E-state index in [4.69, 9.17) is 4.74 Å². The maximum absolute atomic E-state index is 12.5. The van der Waals surface area contributed by atoms with Crippen LogP contribution in [0.5, 0.6) is 0 Å². The van der Waals surface area contributed by atoms with E-state index < -0.39 is 0 Å². The van der Waals surface area contributed by atoms with Gasteiger partial charge in [-0.25, -0.2) is 0 Å². The first kappa shape index (κ1) is 13.8. The van der Waals surface area contributed by atoms with Crippen LogP contribution in [0.2, 0.25) is 0 Å². The smallest absolute Gasteiger partial charge is 0.252 e. The Morgan fingerprint density at radius 1 is 1.28 bits per heavy atom. The number of aliphatic hydroxyl groups excluding tert-OH is 1. The predicted molar refractivity (Wildman–Crippen MR) is 69.2 cm³/mol. The Balaban J connectivity index is 2.01. The second-order valence-electron chi connectivity index (χ2n) is 5.60. The number of ether oxygens (including phenoxy) is 1. The average molecular weight is 255 g/mol. The maximum Gasteiger partial charge on any atom is 0.252 e. The second-order valence-corrected chi connectivity index (χ2v) is 5.60. The molecule has 2 rings (SSSR count). The molecule has 0 aromatic rings. The van der Waals surface area contributed by atoms with Crippen molar-refractivity contribution in [1.82, 2.24) is 4.90 Å². The van der Waals surface area contributed by atoms with E-state index in [1.165, 1.54) is 19.3 Å². The highest BCUT2D eigenvalue weighted by atomic mass is 16.5. The minimum Gasteiger partial charge on any atom is -0.395 e. The van der Waals surface area contributed by atoms with Gasteiger partial charge in [0.05, 0.1) is 6.61 Å². The van der Waals surface area contributed by atoms with E-state index >= 15 is 0 Å². The van der Waals surface area contributed by atoms with Gasteiger partial charge in [-0.05, 0) is 25.2 Å². The highest BCUT2D eigenvalue weighted by Crippen LogP contribution is 2.27. The van der Waals surface area contributed by atoms with Gasteiger partial charge in [0, 0.05) is 19.2 Å². The standard InChI is InChI=1S/C14H25NO3/c1-11-7-10-18-13(11)14(17)15(8-9-16)12-5-3-2-4-6-12/h11-13,16H,2-10H2,1H3. The number of hydrogen-bond donors (Lipinski definition) is 1. The Bertz CT molecular complexity index is 276. The van der Waals surface area contributed by atoms with Crippen LogP contribution in [0, 0.1) is 5.92 Å². The fourth-order valence-electron chi connectivity index (χ4n) is 3.15. The molecule has 0 radical (unpaired) electrons. The van der Waals surface area contributed by atoms with Gasteiger partial charge in [-0.2, -0.15) is 0 Å². The summed E-state index contributed by atoms with van der Waals surface area (Å²) in [6, 6.07) is 0.315. The fourth-order valence-corrected chi connectivity index (χ4v) is 3.15. The van der Waals surface area contributed by atoms with Crippen molar-refractivity contribution in [3.63, 3.8) is 0 Å². The summed E-state index contributed by atoms with van der Waals surface area (Å²) in [5.41, 5.74) is 0. The quantitative estimate of drug-likeness (QED) is 0.829. The molecule has 104 valence electrons. The van der Waals surface area contributed by atoms with Gasteiger partial charge in [-0.15, -0.1) is 0 Å². The molecule has 1 aliphatic heterocycles. The van der Waals surface area contributed by atoms with Crippen LogP contribution in [0.1, 0.15) is 45.4 Å². The first-order valence-corrected chi connectivity index (χ1v) is 7.27. The van der Waals surface area contributed by atoms with Crippen molar-refractivity contribution in [3.05, 3.63) is 0 Å². The highest BCUT2D eigenvalue weighted by molar-refractivity contribution is 5.81. The van der Waals surface area contributed by atoms with Gasteiger partial charge in [-0.1, -0.05) is 26.2 Å². The molecule has 2 fully saturated rings. The molecule has 2 unspecified atom stereocenters. The molecule has 2 atom stereocenters. The zero-order valence-corrected chi connectivity index (χ0v) is 11.3. The second kappa shape index (κ2) is 6.53. The largest absolute Gasteiger partial charge is 0.395 e. The van der Waals surface area contributed by atoms with Crippen molar-refractivity contribution in [3.8, 4) is 0 Å². The zero-order valence-electron chi connectivity index (χ0n) is 11.3. The minimum atomic E-state index is -0.279. The molecule has 1 amide bonds. The average Bonchev–Trinajstić information content (AvgIpc) is 2.82. The molecule has 18 heavy (non-hydrogen) atoms. The number of rotatable bonds is 4. The summed E-state index contributed by atoms with van der Waals surface area (Å²) < 4.78 is 5.57. The summed E-state index contributed by atoms with van der Waals surface area (Å²) in [7, 11) is 0. The third-order valence-corrected chi connectivity index (χ3v) is 4.27. The lowest BCUT2D eigenvalue weighted by Crippen LogP contribution is -2.48. The number of amides is 1. The van der Waals surface area contributed by atoms with Crippen molar-refractivity contribution >= 4 is 5.91 Å². The lowest BCUT2D eigenvalue weighted by Gasteiger charge is -2.36. The molecular weight excluding hydrogens is 230 g/mol. The predicted octanol–water partition coefficient (Wildman–Crippen LogP) is 1.56. The normalized spacial score (nSPS) is 29.4. The number of nitrogens with zero attached hydrogens (tertiary/aromatic N) is 1. The van der Waals surface area contributed by atoms with E-state index in [9.17, 15) is 9.90 Å². The summed E-state index contributed by atoms with van der Waals surface area (Å²) in [6.07, 6.45) is 6.50. The Morgan fingerprint density at radius 2 is 2.00 bits per heavy atom. The Labute approximate surface area is 109 Å². The number of hydrogen-bond acceptors (Lipinski definition) is 3. The van der Waals surface area contributed by atoms with Gasteiger partial charge in [0.2, 0.25) is 0 Å². The Kier molecular flexibility index (Phi) is 5.01. The summed E-state index contributed by atoms with van der Waals surface area (Å²) in [5.74, 6) is 0.406. The van der Waals surface area contributed by atoms with Crippen LogP contribution in [-0.4, -0.2) is 47.8 Å². The van der Waals surface area contributed by atoms with Crippen molar-refractivity contribution in [2.75, 3.05) is 19.8 Å². The van der Waals surface area contributed by atoms with E-state index in [2.05, 4.69) is 6.92 Å². The van der Waals surface area contributed by atoms with Gasteiger partial charge in [0.15, 0.2) is 0 Å². The van der Waals surface area contributed by atoms with Crippen LogP contribution in [0.25, 0.3) is 0 Å². The zero-order chi connectivity index (χ0) is 13.0. The monoisotopic (exact) mass is 255 g/mol. The molecule has 1 saturated carbocycles. The van der Waals surface area contributed by atoms with Crippen LogP contribution in [-0.2, 0) is 9.53 Å². The first-order valence-electron chi connectivity index (χ1n) is 7.27. The molecule has 0 aromatic carbocycles. The van der Waals surface area contributed by atoms with Crippen molar-refractivity contribution in [2.45, 2.75) is 57.6 Å². The van der Waals surface area contributed by atoms with Gasteiger partial charge in [-0.3, -0.25) is 4.79 Å². The molecule has 0 bridgehead atoms. The first-order chi connectivity index (χ1) is 8.74. The summed E-state index contributed by atoms with van der Waals surface area (Å²) in [5, 5.41) is 9.19. The van der Waals surface area contributed by atoms with Crippen LogP contribution >= 0.6 is 0 Å². The van der Waals surface area contributed by atoms with Gasteiger partial charge in [0.1, 0.15) is 6.10 Å². The molecule has 4 heteroatoms. The number of aliphatic hydroxyl groups is 1. The van der Waals surface area contributed by atoms with Gasteiger partial charge < -0.3 is 14.7 Å². The van der Waals surface area contributed by atoms with Crippen molar-refractivity contribution < 1.29 is 14.6 Å². The lowest BCUT2D eigenvalue weighted by molar-refractivity contribution is -0.146. The van der Waals surface area contributed by atoms with Crippen molar-refractivity contribution in [1.29, 1.82) is 0 Å². The van der Waals surface area contributed by atoms with Gasteiger partial charge >= 0.3 is 0 Å². The van der Waals surface area contributed by atoms with E-state index in [1.54, 1.807) is 0 Å². The van der Waals surface area contributed by atoms with Crippen LogP contribution in [0.4, 0.5) is 0 Å². The molecule has 1 heterocycles. The Hall–Kier alpha value is -0.610. The third-order valence-electron chi connectivity index (χ3n) is 4.27. The van der Waals surface area contributed by atoms with Gasteiger partial charge in [0.25, 0.3) is 5.91 Å². The lowest BCUT2D eigenvalue weighted by atomic mass is 9.93. The summed E-state index contributed by atoms with van der Waals surface area (Å²) in [6.45, 7) is 3.27. The molecule has 1 N–H and O–H groups in total. The van der Waals surface area contributed by atoms with Crippen LogP contribution in [0.3, 0.4) is 0 Å².